The van der Waals surface area contributed by atoms with Gasteiger partial charge in [-0.15, -0.1) is 0 Å². The lowest BCUT2D eigenvalue weighted by Crippen LogP contribution is -2.26. The zero-order valence-corrected chi connectivity index (χ0v) is 15.3. The summed E-state index contributed by atoms with van der Waals surface area (Å²) < 4.78 is 4.65. The van der Waals surface area contributed by atoms with E-state index in [1.54, 1.807) is 0 Å². The number of hydrogen-bond acceptors (Lipinski definition) is 2. The Hall–Kier alpha value is -0.0500. The third-order valence-electron chi connectivity index (χ3n) is 3.47. The van der Waals surface area contributed by atoms with Gasteiger partial charge in [-0.05, 0) is 20.3 Å². The molecule has 0 unspecified atom stereocenters. The Labute approximate surface area is 134 Å². The Morgan fingerprint density at radius 3 is 1.65 bits per heavy atom. The molecule has 0 amide bonds. The fourth-order valence-corrected chi connectivity index (χ4v) is 2.22. The number of esters is 1. The summed E-state index contributed by atoms with van der Waals surface area (Å²) in [5.41, 5.74) is 0. The van der Waals surface area contributed by atoms with E-state index in [1.807, 2.05) is 13.8 Å². The quantitative estimate of drug-likeness (QED) is 0.231. The van der Waals surface area contributed by atoms with Crippen molar-refractivity contribution in [2.45, 2.75) is 95.7 Å². The van der Waals surface area contributed by atoms with E-state index in [0.717, 1.165) is 6.42 Å². The van der Waals surface area contributed by atoms with Crippen LogP contribution in [-0.4, -0.2) is 16.9 Å². The lowest BCUT2D eigenvalue weighted by molar-refractivity contribution is -0.145. The number of alkyl halides is 1. The second-order valence-corrected chi connectivity index (χ2v) is 8.13. The SMILES string of the molecule is CCCCCCCCCCCCCOC(=O)C(C)(C)Br. The largest absolute Gasteiger partial charge is 0.465 e. The van der Waals surface area contributed by atoms with Crippen molar-refractivity contribution in [1.82, 2.24) is 0 Å². The highest BCUT2D eigenvalue weighted by atomic mass is 79.9. The molecule has 0 spiro atoms. The molecule has 120 valence electrons. The molecule has 0 aliphatic rings. The van der Waals surface area contributed by atoms with Crippen molar-refractivity contribution in [2.75, 3.05) is 6.61 Å². The molecule has 0 radical (unpaired) electrons. The summed E-state index contributed by atoms with van der Waals surface area (Å²) in [6, 6.07) is 0. The standard InChI is InChI=1S/C17H33BrO2/c1-4-5-6-7-8-9-10-11-12-13-14-15-20-16(19)17(2,3)18/h4-15H2,1-3H3. The van der Waals surface area contributed by atoms with Crippen LogP contribution in [0, 0.1) is 0 Å². The van der Waals surface area contributed by atoms with Gasteiger partial charge in [0.25, 0.3) is 0 Å². The number of rotatable bonds is 13. The fraction of sp³-hybridized carbons (Fsp3) is 0.941. The van der Waals surface area contributed by atoms with Crippen molar-refractivity contribution in [3.05, 3.63) is 0 Å². The highest BCUT2D eigenvalue weighted by Crippen LogP contribution is 2.18. The molecular formula is C17H33BrO2. The van der Waals surface area contributed by atoms with E-state index in [-0.39, 0.29) is 5.97 Å². The van der Waals surface area contributed by atoms with E-state index in [1.165, 1.54) is 64.2 Å². The topological polar surface area (TPSA) is 26.3 Å². The summed E-state index contributed by atoms with van der Waals surface area (Å²) in [5, 5.41) is 0. The molecule has 0 aromatic heterocycles. The van der Waals surface area contributed by atoms with Crippen molar-refractivity contribution in [3.63, 3.8) is 0 Å². The first kappa shape index (κ1) is 19.9. The maximum Gasteiger partial charge on any atom is 0.322 e. The van der Waals surface area contributed by atoms with E-state index in [0.29, 0.717) is 6.61 Å². The van der Waals surface area contributed by atoms with E-state index in [9.17, 15) is 4.79 Å². The summed E-state index contributed by atoms with van der Waals surface area (Å²) in [6.07, 6.45) is 14.4. The van der Waals surface area contributed by atoms with Crippen molar-refractivity contribution >= 4 is 21.9 Å². The van der Waals surface area contributed by atoms with E-state index in [2.05, 4.69) is 22.9 Å². The summed E-state index contributed by atoms with van der Waals surface area (Å²) in [5.74, 6) is -0.162. The average Bonchev–Trinajstić information content (AvgIpc) is 2.38. The molecule has 2 nitrogen and oxygen atoms in total. The summed E-state index contributed by atoms with van der Waals surface area (Å²) >= 11 is 3.30. The van der Waals surface area contributed by atoms with Gasteiger partial charge in [0.05, 0.1) is 6.61 Å². The van der Waals surface area contributed by atoms with Crippen LogP contribution < -0.4 is 0 Å². The molecule has 0 aliphatic carbocycles. The van der Waals surface area contributed by atoms with Crippen molar-refractivity contribution in [2.24, 2.45) is 0 Å². The lowest BCUT2D eigenvalue weighted by atomic mass is 10.1. The van der Waals surface area contributed by atoms with Crippen LogP contribution in [-0.2, 0) is 9.53 Å². The minimum Gasteiger partial charge on any atom is -0.465 e. The highest BCUT2D eigenvalue weighted by molar-refractivity contribution is 9.10. The molecule has 0 fully saturated rings. The Morgan fingerprint density at radius 2 is 1.25 bits per heavy atom. The molecule has 3 heteroatoms. The van der Waals surface area contributed by atoms with Gasteiger partial charge in [-0.1, -0.05) is 87.1 Å². The van der Waals surface area contributed by atoms with Crippen LogP contribution >= 0.6 is 15.9 Å². The minimum absolute atomic E-state index is 0.162. The minimum atomic E-state index is -0.551. The van der Waals surface area contributed by atoms with Crippen LogP contribution in [0.5, 0.6) is 0 Å². The van der Waals surface area contributed by atoms with Crippen LogP contribution in [0.2, 0.25) is 0 Å². The molecule has 0 saturated carbocycles. The van der Waals surface area contributed by atoms with E-state index >= 15 is 0 Å². The third-order valence-corrected chi connectivity index (χ3v) is 3.79. The highest BCUT2D eigenvalue weighted by Gasteiger charge is 2.24. The average molecular weight is 349 g/mol. The predicted octanol–water partition coefficient (Wildman–Crippen LogP) is 6.01. The van der Waals surface area contributed by atoms with Crippen LogP contribution in [0.1, 0.15) is 91.4 Å². The molecule has 0 atom stereocenters. The summed E-state index contributed by atoms with van der Waals surface area (Å²) in [4.78, 5) is 11.5. The Kier molecular flexibility index (Phi) is 12.6. The molecule has 0 bridgehead atoms. The molecule has 0 rings (SSSR count). The number of carbonyl (C=O) groups excluding carboxylic acids is 1. The van der Waals surface area contributed by atoms with Gasteiger partial charge >= 0.3 is 5.97 Å². The van der Waals surface area contributed by atoms with Gasteiger partial charge in [-0.25, -0.2) is 0 Å². The van der Waals surface area contributed by atoms with Gasteiger partial charge in [0.1, 0.15) is 4.32 Å². The maximum atomic E-state index is 11.5. The monoisotopic (exact) mass is 348 g/mol. The van der Waals surface area contributed by atoms with Gasteiger partial charge in [-0.2, -0.15) is 0 Å². The van der Waals surface area contributed by atoms with Crippen molar-refractivity contribution in [1.29, 1.82) is 0 Å². The second kappa shape index (κ2) is 12.7. The number of halogens is 1. The number of unbranched alkanes of at least 4 members (excludes halogenated alkanes) is 10. The van der Waals surface area contributed by atoms with Crippen LogP contribution in [0.25, 0.3) is 0 Å². The normalized spacial score (nSPS) is 11.6. The first-order valence-corrected chi connectivity index (χ1v) is 9.14. The van der Waals surface area contributed by atoms with Gasteiger partial charge in [0.15, 0.2) is 0 Å². The van der Waals surface area contributed by atoms with Crippen LogP contribution in [0.4, 0.5) is 0 Å². The first-order chi connectivity index (χ1) is 9.48. The van der Waals surface area contributed by atoms with E-state index in [4.69, 9.17) is 4.74 Å². The summed E-state index contributed by atoms with van der Waals surface area (Å²) in [6.45, 7) is 6.45. The molecule has 0 N–H and O–H groups in total. The van der Waals surface area contributed by atoms with Crippen LogP contribution in [0.15, 0.2) is 0 Å². The summed E-state index contributed by atoms with van der Waals surface area (Å²) in [7, 11) is 0. The molecule has 0 heterocycles. The molecule has 0 aromatic rings. The molecule has 0 aromatic carbocycles. The number of ether oxygens (including phenoxy) is 1. The van der Waals surface area contributed by atoms with Gasteiger partial charge in [-0.3, -0.25) is 4.79 Å². The third kappa shape index (κ3) is 13.0. The fourth-order valence-electron chi connectivity index (χ4n) is 2.10. The first-order valence-electron chi connectivity index (χ1n) is 8.34. The smallest absolute Gasteiger partial charge is 0.322 e. The Balaban J connectivity index is 3.16. The predicted molar refractivity (Wildman–Crippen MR) is 90.4 cm³/mol. The zero-order chi connectivity index (χ0) is 15.3. The number of carbonyl (C=O) groups is 1. The molecule has 20 heavy (non-hydrogen) atoms. The molecule has 0 aliphatic heterocycles. The molecular weight excluding hydrogens is 316 g/mol. The van der Waals surface area contributed by atoms with Crippen molar-refractivity contribution < 1.29 is 9.53 Å². The zero-order valence-electron chi connectivity index (χ0n) is 13.7. The van der Waals surface area contributed by atoms with Crippen molar-refractivity contribution in [3.8, 4) is 0 Å². The molecule has 0 saturated heterocycles. The van der Waals surface area contributed by atoms with Gasteiger partial charge in [0.2, 0.25) is 0 Å². The second-order valence-electron chi connectivity index (χ2n) is 6.14. The van der Waals surface area contributed by atoms with Crippen LogP contribution in [0.3, 0.4) is 0 Å². The maximum absolute atomic E-state index is 11.5. The lowest BCUT2D eigenvalue weighted by Gasteiger charge is -2.14. The number of hydrogen-bond donors (Lipinski definition) is 0. The Morgan fingerprint density at radius 1 is 0.850 bits per heavy atom. The van der Waals surface area contributed by atoms with Gasteiger partial charge in [0, 0.05) is 0 Å². The van der Waals surface area contributed by atoms with E-state index < -0.39 is 4.32 Å². The van der Waals surface area contributed by atoms with Gasteiger partial charge < -0.3 is 4.74 Å². The Bertz CT molecular complexity index is 234.